The van der Waals surface area contributed by atoms with Gasteiger partial charge in [-0.3, -0.25) is 9.59 Å². The number of rotatable bonds is 5. The lowest BCUT2D eigenvalue weighted by atomic mass is 10.1. The van der Waals surface area contributed by atoms with Gasteiger partial charge in [-0.25, -0.2) is 0 Å². The molecule has 0 radical (unpaired) electrons. The SMILES string of the molecule is Cc1cc(C(=O)CCC(=O)NCC#Cc2cccc(C(F)(F)F)c2)c(C)s1. The lowest BCUT2D eigenvalue weighted by Crippen LogP contribution is -2.24. The molecule has 2 aromatic rings. The molecule has 0 bridgehead atoms. The van der Waals surface area contributed by atoms with Gasteiger partial charge in [0.05, 0.1) is 12.1 Å². The highest BCUT2D eigenvalue weighted by atomic mass is 32.1. The monoisotopic (exact) mass is 393 g/mol. The Bertz CT molecular complexity index is 904. The summed E-state index contributed by atoms with van der Waals surface area (Å²) >= 11 is 1.54. The third-order valence-corrected chi connectivity index (χ3v) is 4.68. The van der Waals surface area contributed by atoms with Gasteiger partial charge in [0, 0.05) is 33.7 Å². The van der Waals surface area contributed by atoms with Gasteiger partial charge in [0.15, 0.2) is 5.78 Å². The average molecular weight is 393 g/mol. The minimum absolute atomic E-state index is 0.000143. The van der Waals surface area contributed by atoms with Gasteiger partial charge in [-0.05, 0) is 38.1 Å². The summed E-state index contributed by atoms with van der Waals surface area (Å²) in [4.78, 5) is 25.9. The molecule has 0 atom stereocenters. The quantitative estimate of drug-likeness (QED) is 0.600. The van der Waals surface area contributed by atoms with E-state index in [0.29, 0.717) is 5.56 Å². The molecule has 1 aromatic heterocycles. The van der Waals surface area contributed by atoms with Crippen molar-refractivity contribution in [2.75, 3.05) is 6.54 Å². The van der Waals surface area contributed by atoms with Crippen molar-refractivity contribution in [1.82, 2.24) is 5.32 Å². The zero-order valence-corrected chi connectivity index (χ0v) is 15.7. The Balaban J connectivity index is 1.81. The van der Waals surface area contributed by atoms with Crippen LogP contribution in [-0.4, -0.2) is 18.2 Å². The maximum atomic E-state index is 12.6. The molecule has 1 N–H and O–H groups in total. The van der Waals surface area contributed by atoms with Crippen molar-refractivity contribution in [3.05, 3.63) is 56.8 Å². The van der Waals surface area contributed by atoms with Crippen LogP contribution in [0.2, 0.25) is 0 Å². The van der Waals surface area contributed by atoms with E-state index in [1.54, 1.807) is 0 Å². The molecule has 1 heterocycles. The molecule has 142 valence electrons. The molecule has 7 heteroatoms. The van der Waals surface area contributed by atoms with Crippen LogP contribution in [0.3, 0.4) is 0 Å². The molecule has 0 aliphatic heterocycles. The van der Waals surface area contributed by atoms with Gasteiger partial charge in [-0.15, -0.1) is 11.3 Å². The molecule has 0 unspecified atom stereocenters. The van der Waals surface area contributed by atoms with Crippen LogP contribution in [0.25, 0.3) is 0 Å². The fraction of sp³-hybridized carbons (Fsp3) is 0.300. The molecular weight excluding hydrogens is 375 g/mol. The highest BCUT2D eigenvalue weighted by molar-refractivity contribution is 7.12. The fourth-order valence-electron chi connectivity index (χ4n) is 2.42. The number of carbonyl (C=O) groups excluding carboxylic acids is 2. The second kappa shape index (κ2) is 8.87. The van der Waals surface area contributed by atoms with Gasteiger partial charge in [0.2, 0.25) is 5.91 Å². The van der Waals surface area contributed by atoms with Gasteiger partial charge < -0.3 is 5.32 Å². The molecule has 0 saturated heterocycles. The molecule has 0 aliphatic carbocycles. The van der Waals surface area contributed by atoms with Gasteiger partial charge in [-0.1, -0.05) is 17.9 Å². The van der Waals surface area contributed by atoms with Crippen molar-refractivity contribution in [2.24, 2.45) is 0 Å². The summed E-state index contributed by atoms with van der Waals surface area (Å²) in [5.41, 5.74) is 0.100. The molecule has 0 fully saturated rings. The van der Waals surface area contributed by atoms with E-state index in [9.17, 15) is 22.8 Å². The van der Waals surface area contributed by atoms with Crippen LogP contribution in [0.4, 0.5) is 13.2 Å². The molecule has 1 amide bonds. The summed E-state index contributed by atoms with van der Waals surface area (Å²) in [5.74, 6) is 4.78. The summed E-state index contributed by atoms with van der Waals surface area (Å²) in [5, 5.41) is 2.54. The van der Waals surface area contributed by atoms with Crippen molar-refractivity contribution in [2.45, 2.75) is 32.9 Å². The van der Waals surface area contributed by atoms with Gasteiger partial charge >= 0.3 is 6.18 Å². The minimum atomic E-state index is -4.42. The van der Waals surface area contributed by atoms with Crippen molar-refractivity contribution < 1.29 is 22.8 Å². The maximum absolute atomic E-state index is 12.6. The van der Waals surface area contributed by atoms with Crippen LogP contribution in [0.15, 0.2) is 30.3 Å². The lowest BCUT2D eigenvalue weighted by Gasteiger charge is -2.05. The number of alkyl halides is 3. The predicted molar refractivity (Wildman–Crippen MR) is 98.7 cm³/mol. The first-order valence-electron chi connectivity index (χ1n) is 8.20. The van der Waals surface area contributed by atoms with E-state index in [1.165, 1.54) is 23.5 Å². The number of Topliss-reactive ketones (excluding diaryl/α,β-unsaturated/α-hetero) is 1. The van der Waals surface area contributed by atoms with Crippen LogP contribution < -0.4 is 5.32 Å². The second-order valence-electron chi connectivity index (χ2n) is 5.91. The predicted octanol–water partition coefficient (Wildman–Crippen LogP) is 4.51. The number of ketones is 1. The third kappa shape index (κ3) is 6.26. The maximum Gasteiger partial charge on any atom is 0.416 e. The molecule has 0 saturated carbocycles. The fourth-order valence-corrected chi connectivity index (χ4v) is 3.36. The molecule has 0 spiro atoms. The molecule has 3 nitrogen and oxygen atoms in total. The second-order valence-corrected chi connectivity index (χ2v) is 7.37. The van der Waals surface area contributed by atoms with E-state index in [0.717, 1.165) is 21.9 Å². The van der Waals surface area contributed by atoms with Crippen molar-refractivity contribution in [3.8, 4) is 11.8 Å². The molecular formula is C20H18F3NO2S. The normalized spacial score (nSPS) is 10.9. The number of benzene rings is 1. The number of hydrogen-bond acceptors (Lipinski definition) is 3. The smallest absolute Gasteiger partial charge is 0.345 e. The van der Waals surface area contributed by atoms with E-state index >= 15 is 0 Å². The van der Waals surface area contributed by atoms with Crippen LogP contribution in [0, 0.1) is 25.7 Å². The Morgan fingerprint density at radius 2 is 1.89 bits per heavy atom. The molecule has 0 aliphatic rings. The zero-order valence-electron chi connectivity index (χ0n) is 14.9. The summed E-state index contributed by atoms with van der Waals surface area (Å²) in [6.07, 6.45) is -4.28. The van der Waals surface area contributed by atoms with Gasteiger partial charge in [-0.2, -0.15) is 13.2 Å². The van der Waals surface area contributed by atoms with E-state index in [-0.39, 0.29) is 36.6 Å². The first-order valence-corrected chi connectivity index (χ1v) is 9.01. The molecule has 27 heavy (non-hydrogen) atoms. The summed E-state index contributed by atoms with van der Waals surface area (Å²) < 4.78 is 37.9. The van der Waals surface area contributed by atoms with Gasteiger partial charge in [0.25, 0.3) is 0 Å². The van der Waals surface area contributed by atoms with Crippen molar-refractivity contribution in [1.29, 1.82) is 0 Å². The first kappa shape index (κ1) is 20.7. The van der Waals surface area contributed by atoms with E-state index < -0.39 is 11.7 Å². The van der Waals surface area contributed by atoms with Crippen LogP contribution in [0.1, 0.15) is 44.1 Å². The van der Waals surface area contributed by atoms with E-state index in [2.05, 4.69) is 17.2 Å². The Morgan fingerprint density at radius 3 is 2.52 bits per heavy atom. The largest absolute Gasteiger partial charge is 0.416 e. The highest BCUT2D eigenvalue weighted by Gasteiger charge is 2.30. The average Bonchev–Trinajstić information content (AvgIpc) is 2.94. The Hall–Kier alpha value is -2.59. The van der Waals surface area contributed by atoms with E-state index in [4.69, 9.17) is 0 Å². The number of thiophene rings is 1. The minimum Gasteiger partial charge on any atom is -0.345 e. The summed E-state index contributed by atoms with van der Waals surface area (Å²) in [6, 6.07) is 6.50. The van der Waals surface area contributed by atoms with Crippen LogP contribution in [-0.2, 0) is 11.0 Å². The Labute approximate surface area is 159 Å². The van der Waals surface area contributed by atoms with Crippen LogP contribution >= 0.6 is 11.3 Å². The zero-order chi connectivity index (χ0) is 20.0. The van der Waals surface area contributed by atoms with Gasteiger partial charge in [0.1, 0.15) is 0 Å². The topological polar surface area (TPSA) is 46.2 Å². The third-order valence-electron chi connectivity index (χ3n) is 3.72. The number of nitrogens with one attached hydrogen (secondary N) is 1. The van der Waals surface area contributed by atoms with E-state index in [1.807, 2.05) is 19.9 Å². The number of hydrogen-bond donors (Lipinski definition) is 1. The lowest BCUT2D eigenvalue weighted by molar-refractivity contribution is -0.137. The number of carbonyl (C=O) groups is 2. The molecule has 2 rings (SSSR count). The summed E-state index contributed by atoms with van der Waals surface area (Å²) in [6.45, 7) is 3.79. The highest BCUT2D eigenvalue weighted by Crippen LogP contribution is 2.29. The number of aryl methyl sites for hydroxylation is 2. The summed E-state index contributed by atoms with van der Waals surface area (Å²) in [7, 11) is 0. The first-order chi connectivity index (χ1) is 12.7. The number of halogens is 3. The Morgan fingerprint density at radius 1 is 1.15 bits per heavy atom. The van der Waals surface area contributed by atoms with Crippen molar-refractivity contribution in [3.63, 3.8) is 0 Å². The number of amides is 1. The van der Waals surface area contributed by atoms with Crippen molar-refractivity contribution >= 4 is 23.0 Å². The standard InChI is InChI=1S/C20H18F3NO2S/c1-13-11-17(14(2)27-13)18(25)8-9-19(26)24-10-4-6-15-5-3-7-16(12-15)20(21,22)23/h3,5,7,11-12H,8-10H2,1-2H3,(H,24,26). The molecule has 1 aromatic carbocycles. The van der Waals surface area contributed by atoms with Crippen LogP contribution in [0.5, 0.6) is 0 Å². The Kier molecular flexibility index (Phi) is 6.81.